The Morgan fingerprint density at radius 3 is 2.55 bits per heavy atom. The molecule has 2 aliphatic rings. The minimum absolute atomic E-state index is 0.0777. The molecule has 154 valence electrons. The smallest absolute Gasteiger partial charge is 0.254 e. The number of benzene rings is 2. The van der Waals surface area contributed by atoms with Gasteiger partial charge in [0.25, 0.3) is 5.91 Å². The van der Waals surface area contributed by atoms with E-state index in [0.717, 1.165) is 39.0 Å². The Morgan fingerprint density at radius 1 is 1.00 bits per heavy atom. The van der Waals surface area contributed by atoms with Crippen LogP contribution in [-0.4, -0.2) is 54.6 Å². The lowest BCUT2D eigenvalue weighted by atomic mass is 9.98. The van der Waals surface area contributed by atoms with Gasteiger partial charge in [0.05, 0.1) is 13.2 Å². The van der Waals surface area contributed by atoms with E-state index in [1.807, 2.05) is 36.9 Å². The summed E-state index contributed by atoms with van der Waals surface area (Å²) in [7, 11) is 0. The predicted molar refractivity (Wildman–Crippen MR) is 114 cm³/mol. The number of amides is 1. The van der Waals surface area contributed by atoms with Crippen LogP contribution in [0.2, 0.25) is 0 Å². The molecule has 29 heavy (non-hydrogen) atoms. The maximum absolute atomic E-state index is 13.1. The molecule has 0 aromatic heterocycles. The lowest BCUT2D eigenvalue weighted by Gasteiger charge is -2.33. The SMILES string of the molecule is CCOc1ccc(C(=O)N2CCC(N3CCc4ccccc4C3)C2)cc1OCC. The van der Waals surface area contributed by atoms with E-state index in [4.69, 9.17) is 9.47 Å². The van der Waals surface area contributed by atoms with Crippen molar-refractivity contribution in [2.24, 2.45) is 0 Å². The molecule has 5 heteroatoms. The lowest BCUT2D eigenvalue weighted by molar-refractivity contribution is 0.0773. The monoisotopic (exact) mass is 394 g/mol. The molecule has 1 amide bonds. The van der Waals surface area contributed by atoms with Gasteiger partial charge in [-0.25, -0.2) is 0 Å². The summed E-state index contributed by atoms with van der Waals surface area (Å²) in [4.78, 5) is 17.6. The Balaban J connectivity index is 1.43. The molecular formula is C24H30N2O3. The van der Waals surface area contributed by atoms with Crippen molar-refractivity contribution >= 4 is 5.91 Å². The molecule has 0 bridgehead atoms. The zero-order valence-electron chi connectivity index (χ0n) is 17.4. The maximum atomic E-state index is 13.1. The number of hydrogen-bond acceptors (Lipinski definition) is 4. The minimum atomic E-state index is 0.0777. The normalized spacial score (nSPS) is 19.1. The number of rotatable bonds is 6. The van der Waals surface area contributed by atoms with E-state index in [-0.39, 0.29) is 5.91 Å². The van der Waals surface area contributed by atoms with Crippen LogP contribution in [0.5, 0.6) is 11.5 Å². The van der Waals surface area contributed by atoms with E-state index in [2.05, 4.69) is 29.2 Å². The van der Waals surface area contributed by atoms with Gasteiger partial charge in [0, 0.05) is 37.8 Å². The van der Waals surface area contributed by atoms with Gasteiger partial charge in [-0.1, -0.05) is 24.3 Å². The molecule has 0 radical (unpaired) electrons. The Morgan fingerprint density at radius 2 is 1.76 bits per heavy atom. The molecule has 4 rings (SSSR count). The molecule has 2 aromatic rings. The van der Waals surface area contributed by atoms with Crippen molar-refractivity contribution in [1.29, 1.82) is 0 Å². The van der Waals surface area contributed by atoms with Gasteiger partial charge in [-0.2, -0.15) is 0 Å². The number of carbonyl (C=O) groups is 1. The summed E-state index contributed by atoms with van der Waals surface area (Å²) in [5.74, 6) is 1.41. The van der Waals surface area contributed by atoms with E-state index >= 15 is 0 Å². The molecule has 2 aromatic carbocycles. The quantitative estimate of drug-likeness (QED) is 0.748. The fraction of sp³-hybridized carbons (Fsp3) is 0.458. The molecule has 5 nitrogen and oxygen atoms in total. The molecule has 0 saturated carbocycles. The second-order valence-corrected chi connectivity index (χ2v) is 7.71. The van der Waals surface area contributed by atoms with Gasteiger partial charge in [0.15, 0.2) is 11.5 Å². The fourth-order valence-corrected chi connectivity index (χ4v) is 4.42. The molecule has 0 aliphatic carbocycles. The molecular weight excluding hydrogens is 364 g/mol. The number of carbonyl (C=O) groups excluding carboxylic acids is 1. The molecule has 0 spiro atoms. The van der Waals surface area contributed by atoms with Crippen molar-refractivity contribution in [3.8, 4) is 11.5 Å². The van der Waals surface area contributed by atoms with Crippen molar-refractivity contribution in [1.82, 2.24) is 9.80 Å². The van der Waals surface area contributed by atoms with Crippen LogP contribution >= 0.6 is 0 Å². The van der Waals surface area contributed by atoms with Crippen LogP contribution in [0.25, 0.3) is 0 Å². The second-order valence-electron chi connectivity index (χ2n) is 7.71. The van der Waals surface area contributed by atoms with Crippen LogP contribution in [0.4, 0.5) is 0 Å². The summed E-state index contributed by atoms with van der Waals surface area (Å²) in [6, 6.07) is 14.7. The van der Waals surface area contributed by atoms with E-state index in [9.17, 15) is 4.79 Å². The van der Waals surface area contributed by atoms with Crippen molar-refractivity contribution in [2.45, 2.75) is 39.3 Å². The molecule has 1 saturated heterocycles. The zero-order valence-corrected chi connectivity index (χ0v) is 17.4. The molecule has 2 aliphatic heterocycles. The highest BCUT2D eigenvalue weighted by Gasteiger charge is 2.32. The summed E-state index contributed by atoms with van der Waals surface area (Å²) in [6.07, 6.45) is 2.13. The number of nitrogens with zero attached hydrogens (tertiary/aromatic N) is 2. The summed E-state index contributed by atoms with van der Waals surface area (Å²) < 4.78 is 11.3. The van der Waals surface area contributed by atoms with Gasteiger partial charge in [0.1, 0.15) is 0 Å². The summed E-state index contributed by atoms with van der Waals surface area (Å²) in [5, 5.41) is 0. The average molecular weight is 395 g/mol. The first-order chi connectivity index (χ1) is 14.2. The van der Waals surface area contributed by atoms with E-state index < -0.39 is 0 Å². The largest absolute Gasteiger partial charge is 0.490 e. The van der Waals surface area contributed by atoms with Crippen LogP contribution in [0.3, 0.4) is 0 Å². The predicted octanol–water partition coefficient (Wildman–Crippen LogP) is 3.76. The van der Waals surface area contributed by atoms with Gasteiger partial charge in [-0.3, -0.25) is 9.69 Å². The van der Waals surface area contributed by atoms with E-state index in [0.29, 0.717) is 36.3 Å². The van der Waals surface area contributed by atoms with Gasteiger partial charge in [0.2, 0.25) is 0 Å². The topological polar surface area (TPSA) is 42.0 Å². The first kappa shape index (κ1) is 19.8. The fourth-order valence-electron chi connectivity index (χ4n) is 4.42. The Labute approximate surface area is 173 Å². The van der Waals surface area contributed by atoms with Crippen LogP contribution < -0.4 is 9.47 Å². The Kier molecular flexibility index (Phi) is 6.05. The van der Waals surface area contributed by atoms with Crippen molar-refractivity contribution < 1.29 is 14.3 Å². The number of likely N-dealkylation sites (tertiary alicyclic amines) is 1. The first-order valence-corrected chi connectivity index (χ1v) is 10.7. The van der Waals surface area contributed by atoms with Crippen molar-refractivity contribution in [3.63, 3.8) is 0 Å². The average Bonchev–Trinajstić information content (AvgIpc) is 3.25. The van der Waals surface area contributed by atoms with E-state index in [1.165, 1.54) is 11.1 Å². The number of hydrogen-bond donors (Lipinski definition) is 0. The highest BCUT2D eigenvalue weighted by molar-refractivity contribution is 5.95. The maximum Gasteiger partial charge on any atom is 0.254 e. The third kappa shape index (κ3) is 4.25. The Bertz CT molecular complexity index is 867. The van der Waals surface area contributed by atoms with Gasteiger partial charge in [-0.05, 0) is 56.0 Å². The molecule has 0 N–H and O–H groups in total. The second kappa shape index (κ2) is 8.87. The standard InChI is InChI=1S/C24H30N2O3/c1-3-28-22-10-9-19(15-23(22)29-4-2)24(27)26-14-12-21(17-26)25-13-11-18-7-5-6-8-20(18)16-25/h5-10,15,21H,3-4,11-14,16-17H2,1-2H3. The van der Waals surface area contributed by atoms with Gasteiger partial charge < -0.3 is 14.4 Å². The third-order valence-corrected chi connectivity index (χ3v) is 5.92. The molecule has 1 unspecified atom stereocenters. The van der Waals surface area contributed by atoms with Crippen LogP contribution in [-0.2, 0) is 13.0 Å². The van der Waals surface area contributed by atoms with Crippen LogP contribution in [0.1, 0.15) is 41.8 Å². The highest BCUT2D eigenvalue weighted by atomic mass is 16.5. The molecule has 1 atom stereocenters. The lowest BCUT2D eigenvalue weighted by Crippen LogP contribution is -2.41. The van der Waals surface area contributed by atoms with Crippen molar-refractivity contribution in [3.05, 3.63) is 59.2 Å². The summed E-state index contributed by atoms with van der Waals surface area (Å²) >= 11 is 0. The third-order valence-electron chi connectivity index (χ3n) is 5.92. The van der Waals surface area contributed by atoms with E-state index in [1.54, 1.807) is 0 Å². The number of ether oxygens (including phenoxy) is 2. The minimum Gasteiger partial charge on any atom is -0.490 e. The number of fused-ring (bicyclic) bond motifs is 1. The van der Waals surface area contributed by atoms with Crippen LogP contribution in [0.15, 0.2) is 42.5 Å². The highest BCUT2D eigenvalue weighted by Crippen LogP contribution is 2.30. The first-order valence-electron chi connectivity index (χ1n) is 10.7. The molecule has 2 heterocycles. The zero-order chi connectivity index (χ0) is 20.2. The van der Waals surface area contributed by atoms with Gasteiger partial charge >= 0.3 is 0 Å². The van der Waals surface area contributed by atoms with Crippen LogP contribution in [0, 0.1) is 0 Å². The summed E-state index contributed by atoms with van der Waals surface area (Å²) in [6.45, 7) is 8.64. The molecule has 1 fully saturated rings. The Hall–Kier alpha value is -2.53. The summed E-state index contributed by atoms with van der Waals surface area (Å²) in [5.41, 5.74) is 3.56. The van der Waals surface area contributed by atoms with Gasteiger partial charge in [-0.15, -0.1) is 0 Å². The van der Waals surface area contributed by atoms with Crippen molar-refractivity contribution in [2.75, 3.05) is 32.8 Å².